The van der Waals surface area contributed by atoms with Crippen LogP contribution in [0.1, 0.15) is 10.4 Å². The number of carboxylic acids is 1. The SMILES string of the molecule is O=C(NCC(O)C(=O)O)c1ccc2n[nH]nc2c1. The summed E-state index contributed by atoms with van der Waals surface area (Å²) >= 11 is 0. The summed E-state index contributed by atoms with van der Waals surface area (Å²) in [6, 6.07) is 4.66. The molecule has 1 aromatic heterocycles. The molecule has 0 aliphatic rings. The molecule has 2 aromatic rings. The van der Waals surface area contributed by atoms with Crippen molar-refractivity contribution in [2.24, 2.45) is 0 Å². The third kappa shape index (κ3) is 2.43. The second kappa shape index (κ2) is 4.80. The Morgan fingerprint density at radius 1 is 1.33 bits per heavy atom. The maximum atomic E-state index is 11.7. The number of aromatic nitrogens is 3. The van der Waals surface area contributed by atoms with Crippen LogP contribution in [-0.2, 0) is 4.79 Å². The van der Waals surface area contributed by atoms with Crippen LogP contribution < -0.4 is 5.32 Å². The van der Waals surface area contributed by atoms with Gasteiger partial charge in [0.05, 0.1) is 6.54 Å². The molecule has 0 radical (unpaired) electrons. The van der Waals surface area contributed by atoms with E-state index in [2.05, 4.69) is 20.7 Å². The topological polar surface area (TPSA) is 128 Å². The van der Waals surface area contributed by atoms with Crippen molar-refractivity contribution in [2.75, 3.05) is 6.54 Å². The van der Waals surface area contributed by atoms with E-state index in [4.69, 9.17) is 10.2 Å². The van der Waals surface area contributed by atoms with Gasteiger partial charge < -0.3 is 15.5 Å². The van der Waals surface area contributed by atoms with Gasteiger partial charge in [0.2, 0.25) is 0 Å². The summed E-state index contributed by atoms with van der Waals surface area (Å²) in [7, 11) is 0. The Morgan fingerprint density at radius 3 is 2.78 bits per heavy atom. The first-order chi connectivity index (χ1) is 8.58. The normalized spacial score (nSPS) is 12.3. The monoisotopic (exact) mass is 250 g/mol. The quantitative estimate of drug-likeness (QED) is 0.558. The Morgan fingerprint density at radius 2 is 2.06 bits per heavy atom. The predicted octanol–water partition coefficient (Wildman–Crippen LogP) is -0.867. The number of carbonyl (C=O) groups excluding carboxylic acids is 1. The van der Waals surface area contributed by atoms with Crippen molar-refractivity contribution in [3.63, 3.8) is 0 Å². The Balaban J connectivity index is 2.06. The standard InChI is InChI=1S/C10H10N4O4/c15-8(10(17)18)4-11-9(16)5-1-2-6-7(3-5)13-14-12-6/h1-3,8,15H,4H2,(H,11,16)(H,17,18)(H,12,13,14). The number of carbonyl (C=O) groups is 2. The average molecular weight is 250 g/mol. The van der Waals surface area contributed by atoms with Crippen molar-refractivity contribution >= 4 is 22.9 Å². The van der Waals surface area contributed by atoms with Crippen molar-refractivity contribution in [1.82, 2.24) is 20.7 Å². The highest BCUT2D eigenvalue weighted by Crippen LogP contribution is 2.10. The fraction of sp³-hybridized carbons (Fsp3) is 0.200. The Kier molecular flexibility index (Phi) is 3.20. The summed E-state index contributed by atoms with van der Waals surface area (Å²) in [5, 5.41) is 29.9. The van der Waals surface area contributed by atoms with Gasteiger partial charge in [-0.3, -0.25) is 4.79 Å². The molecule has 0 spiro atoms. The highest BCUT2D eigenvalue weighted by molar-refractivity contribution is 5.97. The third-order valence-electron chi connectivity index (χ3n) is 2.32. The Bertz CT molecular complexity index is 594. The van der Waals surface area contributed by atoms with E-state index in [9.17, 15) is 9.59 Å². The molecule has 1 unspecified atom stereocenters. The lowest BCUT2D eigenvalue weighted by Gasteiger charge is -2.07. The van der Waals surface area contributed by atoms with Crippen LogP contribution in [-0.4, -0.2) is 50.1 Å². The van der Waals surface area contributed by atoms with E-state index in [0.29, 0.717) is 16.6 Å². The number of fused-ring (bicyclic) bond motifs is 1. The molecule has 0 bridgehead atoms. The molecule has 18 heavy (non-hydrogen) atoms. The summed E-state index contributed by atoms with van der Waals surface area (Å²) in [5.41, 5.74) is 1.47. The molecule has 1 atom stereocenters. The van der Waals surface area contributed by atoms with Gasteiger partial charge in [0, 0.05) is 5.56 Å². The van der Waals surface area contributed by atoms with E-state index in [1.165, 1.54) is 12.1 Å². The molecule has 1 amide bonds. The van der Waals surface area contributed by atoms with Crippen molar-refractivity contribution < 1.29 is 19.8 Å². The van der Waals surface area contributed by atoms with Gasteiger partial charge in [0.25, 0.3) is 5.91 Å². The van der Waals surface area contributed by atoms with Crippen LogP contribution in [0.2, 0.25) is 0 Å². The first-order valence-electron chi connectivity index (χ1n) is 5.07. The van der Waals surface area contributed by atoms with Crippen LogP contribution in [0.5, 0.6) is 0 Å². The number of nitrogens with one attached hydrogen (secondary N) is 2. The van der Waals surface area contributed by atoms with Gasteiger partial charge >= 0.3 is 5.97 Å². The number of H-pyrrole nitrogens is 1. The zero-order chi connectivity index (χ0) is 13.1. The molecule has 0 saturated carbocycles. The number of rotatable bonds is 4. The van der Waals surface area contributed by atoms with E-state index >= 15 is 0 Å². The molecule has 2 rings (SSSR count). The fourth-order valence-corrected chi connectivity index (χ4v) is 1.36. The van der Waals surface area contributed by atoms with E-state index in [1.807, 2.05) is 0 Å². The van der Waals surface area contributed by atoms with Crippen molar-refractivity contribution in [1.29, 1.82) is 0 Å². The Hall–Kier alpha value is -2.48. The lowest BCUT2D eigenvalue weighted by Crippen LogP contribution is -2.36. The minimum atomic E-state index is -1.62. The molecule has 4 N–H and O–H groups in total. The van der Waals surface area contributed by atoms with Crippen LogP contribution in [0.25, 0.3) is 11.0 Å². The summed E-state index contributed by atoms with van der Waals surface area (Å²) < 4.78 is 0. The van der Waals surface area contributed by atoms with Gasteiger partial charge in [-0.15, -0.1) is 0 Å². The van der Waals surface area contributed by atoms with Gasteiger partial charge in [-0.1, -0.05) is 0 Å². The zero-order valence-corrected chi connectivity index (χ0v) is 9.12. The number of hydrogen-bond acceptors (Lipinski definition) is 5. The van der Waals surface area contributed by atoms with Crippen molar-refractivity contribution in [3.05, 3.63) is 23.8 Å². The summed E-state index contributed by atoms with van der Waals surface area (Å²) in [6.07, 6.45) is -1.62. The molecule has 8 heteroatoms. The highest BCUT2D eigenvalue weighted by Gasteiger charge is 2.15. The predicted molar refractivity (Wildman–Crippen MR) is 59.9 cm³/mol. The molecule has 0 saturated heterocycles. The number of aromatic amines is 1. The minimum absolute atomic E-state index is 0.314. The third-order valence-corrected chi connectivity index (χ3v) is 2.32. The second-order valence-corrected chi connectivity index (χ2v) is 3.59. The van der Waals surface area contributed by atoms with Crippen LogP contribution in [0.4, 0.5) is 0 Å². The fourth-order valence-electron chi connectivity index (χ4n) is 1.36. The molecule has 0 aliphatic carbocycles. The number of nitrogens with zero attached hydrogens (tertiary/aromatic N) is 2. The van der Waals surface area contributed by atoms with Crippen LogP contribution >= 0.6 is 0 Å². The van der Waals surface area contributed by atoms with Crippen LogP contribution in [0.3, 0.4) is 0 Å². The molecule has 1 heterocycles. The molecular weight excluding hydrogens is 240 g/mol. The highest BCUT2D eigenvalue weighted by atomic mass is 16.4. The summed E-state index contributed by atoms with van der Waals surface area (Å²) in [4.78, 5) is 22.0. The second-order valence-electron chi connectivity index (χ2n) is 3.59. The molecule has 0 fully saturated rings. The lowest BCUT2D eigenvalue weighted by molar-refractivity contribution is -0.146. The molecule has 94 valence electrons. The van der Waals surface area contributed by atoms with E-state index in [1.54, 1.807) is 6.07 Å². The van der Waals surface area contributed by atoms with E-state index < -0.39 is 18.0 Å². The van der Waals surface area contributed by atoms with Gasteiger partial charge in [-0.2, -0.15) is 15.4 Å². The first-order valence-corrected chi connectivity index (χ1v) is 5.07. The zero-order valence-electron chi connectivity index (χ0n) is 9.12. The number of aliphatic carboxylic acids is 1. The maximum absolute atomic E-state index is 11.7. The molecule has 8 nitrogen and oxygen atoms in total. The van der Waals surface area contributed by atoms with Gasteiger partial charge in [0.1, 0.15) is 11.0 Å². The first kappa shape index (κ1) is 12.0. The Labute approximate surface area is 101 Å². The largest absolute Gasteiger partial charge is 0.479 e. The van der Waals surface area contributed by atoms with Crippen LogP contribution in [0, 0.1) is 0 Å². The number of hydrogen-bond donors (Lipinski definition) is 4. The summed E-state index contributed by atoms with van der Waals surface area (Å²) in [6.45, 7) is -0.356. The van der Waals surface area contributed by atoms with Crippen LogP contribution in [0.15, 0.2) is 18.2 Å². The molecule has 0 aliphatic heterocycles. The van der Waals surface area contributed by atoms with Gasteiger partial charge in [-0.25, -0.2) is 4.79 Å². The van der Waals surface area contributed by atoms with Gasteiger partial charge in [-0.05, 0) is 18.2 Å². The minimum Gasteiger partial charge on any atom is -0.479 e. The lowest BCUT2D eigenvalue weighted by atomic mass is 10.2. The number of aliphatic hydroxyl groups is 1. The molecule has 1 aromatic carbocycles. The number of benzene rings is 1. The number of carboxylic acid groups (broad SMARTS) is 1. The van der Waals surface area contributed by atoms with Gasteiger partial charge in [0.15, 0.2) is 6.10 Å². The number of amides is 1. The van der Waals surface area contributed by atoms with E-state index in [-0.39, 0.29) is 6.54 Å². The van der Waals surface area contributed by atoms with E-state index in [0.717, 1.165) is 0 Å². The van der Waals surface area contributed by atoms with Crippen molar-refractivity contribution in [3.8, 4) is 0 Å². The smallest absolute Gasteiger partial charge is 0.334 e. The number of aliphatic hydroxyl groups excluding tert-OH is 1. The summed E-state index contributed by atoms with van der Waals surface area (Å²) in [5.74, 6) is -1.87. The average Bonchev–Trinajstić information content (AvgIpc) is 2.82. The van der Waals surface area contributed by atoms with Crippen molar-refractivity contribution in [2.45, 2.75) is 6.10 Å². The molecular formula is C10H10N4O4. The maximum Gasteiger partial charge on any atom is 0.334 e.